The minimum Gasteiger partial charge on any atom is -0.454 e. The number of nitrogens with zero attached hydrogens (tertiary/aromatic N) is 2. The zero-order valence-electron chi connectivity index (χ0n) is 14.3. The molecule has 1 aromatic heterocycles. The molecule has 0 saturated heterocycles. The van der Waals surface area contributed by atoms with Gasteiger partial charge in [0.1, 0.15) is 17.5 Å². The van der Waals surface area contributed by atoms with Crippen LogP contribution in [0.15, 0.2) is 48.5 Å². The highest BCUT2D eigenvalue weighted by Gasteiger charge is 2.16. The van der Waals surface area contributed by atoms with E-state index in [0.29, 0.717) is 11.3 Å². The van der Waals surface area contributed by atoms with Gasteiger partial charge in [0.15, 0.2) is 17.4 Å². The molecule has 4 N–H and O–H groups in total. The molecule has 0 radical (unpaired) electrons. The number of benzene rings is 2. The second kappa shape index (κ2) is 8.30. The van der Waals surface area contributed by atoms with Crippen molar-refractivity contribution >= 4 is 17.5 Å². The number of aromatic nitrogens is 2. The second-order valence-corrected chi connectivity index (χ2v) is 6.20. The van der Waals surface area contributed by atoms with Gasteiger partial charge >= 0.3 is 0 Å². The van der Waals surface area contributed by atoms with Crippen LogP contribution in [0, 0.1) is 5.82 Å². The zero-order chi connectivity index (χ0) is 20.3. The summed E-state index contributed by atoms with van der Waals surface area (Å²) < 4.78 is 19.3. The van der Waals surface area contributed by atoms with Crippen molar-refractivity contribution in [1.29, 1.82) is 0 Å². The van der Waals surface area contributed by atoms with Gasteiger partial charge in [-0.05, 0) is 48.5 Å². The standard InChI is InChI=1S/C19H15ClFN3O4/c20-11-3-6-17(13(21)7-11)28-12-4-1-10(2-5-12)19-23-14(16(26)9-25)8-15(24-19)18(22)27/h1-8,16,25-26H,9H2,(H2,22,27)/t16-/m0/s1. The summed E-state index contributed by atoms with van der Waals surface area (Å²) in [6.45, 7) is -0.575. The fraction of sp³-hybridized carbons (Fsp3) is 0.105. The van der Waals surface area contributed by atoms with E-state index in [1.54, 1.807) is 24.3 Å². The van der Waals surface area contributed by atoms with Crippen LogP contribution in [0.5, 0.6) is 11.5 Å². The number of aliphatic hydroxyl groups is 2. The van der Waals surface area contributed by atoms with Crippen LogP contribution in [0.3, 0.4) is 0 Å². The molecule has 0 saturated carbocycles. The van der Waals surface area contributed by atoms with Gasteiger partial charge in [0.25, 0.3) is 5.91 Å². The van der Waals surface area contributed by atoms with Crippen molar-refractivity contribution in [2.45, 2.75) is 6.10 Å². The molecule has 0 aliphatic carbocycles. The lowest BCUT2D eigenvalue weighted by atomic mass is 10.1. The highest BCUT2D eigenvalue weighted by Crippen LogP contribution is 2.28. The third kappa shape index (κ3) is 4.42. The van der Waals surface area contributed by atoms with Crippen molar-refractivity contribution in [2.24, 2.45) is 5.73 Å². The largest absolute Gasteiger partial charge is 0.454 e. The Morgan fingerprint density at radius 1 is 1.18 bits per heavy atom. The van der Waals surface area contributed by atoms with Crippen molar-refractivity contribution in [3.63, 3.8) is 0 Å². The van der Waals surface area contributed by atoms with Crippen LogP contribution in [0.1, 0.15) is 22.3 Å². The number of carbonyl (C=O) groups is 1. The van der Waals surface area contributed by atoms with Crippen LogP contribution in [-0.2, 0) is 0 Å². The average molecular weight is 404 g/mol. The van der Waals surface area contributed by atoms with E-state index in [0.717, 1.165) is 6.07 Å². The SMILES string of the molecule is NC(=O)c1cc([C@@H](O)CO)nc(-c2ccc(Oc3ccc(Cl)cc3F)cc2)n1. The Labute approximate surface area is 164 Å². The van der Waals surface area contributed by atoms with E-state index >= 15 is 0 Å². The Hall–Kier alpha value is -3.07. The first-order valence-corrected chi connectivity index (χ1v) is 8.46. The number of hydrogen-bond acceptors (Lipinski definition) is 6. The normalized spacial score (nSPS) is 11.9. The summed E-state index contributed by atoms with van der Waals surface area (Å²) in [6, 6.07) is 11.6. The molecule has 1 heterocycles. The van der Waals surface area contributed by atoms with Crippen molar-refractivity contribution in [2.75, 3.05) is 6.61 Å². The molecule has 0 fully saturated rings. The van der Waals surface area contributed by atoms with E-state index in [1.807, 2.05) is 0 Å². The molecule has 0 aliphatic rings. The minimum atomic E-state index is -1.28. The molecule has 3 aromatic rings. The molecule has 3 rings (SSSR count). The summed E-state index contributed by atoms with van der Waals surface area (Å²) in [7, 11) is 0. The van der Waals surface area contributed by atoms with Gasteiger partial charge in [0, 0.05) is 10.6 Å². The molecular weight excluding hydrogens is 389 g/mol. The van der Waals surface area contributed by atoms with E-state index in [4.69, 9.17) is 27.2 Å². The Balaban J connectivity index is 1.90. The van der Waals surface area contributed by atoms with Gasteiger partial charge in [-0.2, -0.15) is 0 Å². The van der Waals surface area contributed by atoms with E-state index in [9.17, 15) is 14.3 Å². The van der Waals surface area contributed by atoms with Gasteiger partial charge in [0.05, 0.1) is 12.3 Å². The second-order valence-electron chi connectivity index (χ2n) is 5.77. The first-order chi connectivity index (χ1) is 13.4. The molecule has 1 amide bonds. The Kier molecular flexibility index (Phi) is 5.84. The van der Waals surface area contributed by atoms with Crippen molar-refractivity contribution in [3.05, 3.63) is 70.8 Å². The van der Waals surface area contributed by atoms with Crippen LogP contribution in [0.25, 0.3) is 11.4 Å². The molecule has 0 spiro atoms. The predicted molar refractivity (Wildman–Crippen MR) is 99.5 cm³/mol. The number of aliphatic hydroxyl groups excluding tert-OH is 2. The number of amides is 1. The summed E-state index contributed by atoms with van der Waals surface area (Å²) in [5, 5.41) is 19.2. The van der Waals surface area contributed by atoms with Crippen LogP contribution < -0.4 is 10.5 Å². The Morgan fingerprint density at radius 2 is 1.89 bits per heavy atom. The van der Waals surface area contributed by atoms with E-state index in [2.05, 4.69) is 9.97 Å². The third-order valence-electron chi connectivity index (χ3n) is 3.75. The third-order valence-corrected chi connectivity index (χ3v) is 3.98. The van der Waals surface area contributed by atoms with Crippen molar-refractivity contribution in [1.82, 2.24) is 9.97 Å². The van der Waals surface area contributed by atoms with Gasteiger partial charge in [-0.25, -0.2) is 14.4 Å². The highest BCUT2D eigenvalue weighted by molar-refractivity contribution is 6.30. The van der Waals surface area contributed by atoms with Gasteiger partial charge in [-0.15, -0.1) is 0 Å². The number of ether oxygens (including phenoxy) is 1. The zero-order valence-corrected chi connectivity index (χ0v) is 15.1. The van der Waals surface area contributed by atoms with Gasteiger partial charge in [-0.1, -0.05) is 11.6 Å². The van der Waals surface area contributed by atoms with Crippen LogP contribution in [-0.4, -0.2) is 32.7 Å². The molecule has 7 nitrogen and oxygen atoms in total. The monoisotopic (exact) mass is 403 g/mol. The van der Waals surface area contributed by atoms with Crippen molar-refractivity contribution < 1.29 is 24.1 Å². The minimum absolute atomic E-state index is 0.0116. The Morgan fingerprint density at radius 3 is 2.50 bits per heavy atom. The summed E-state index contributed by atoms with van der Waals surface area (Å²) in [5.41, 5.74) is 5.73. The molecule has 28 heavy (non-hydrogen) atoms. The maximum atomic E-state index is 13.8. The lowest BCUT2D eigenvalue weighted by Gasteiger charge is -2.11. The van der Waals surface area contributed by atoms with E-state index in [-0.39, 0.29) is 28.0 Å². The summed E-state index contributed by atoms with van der Waals surface area (Å²) in [5.74, 6) is -0.906. The maximum absolute atomic E-state index is 13.8. The lowest BCUT2D eigenvalue weighted by Crippen LogP contribution is -2.16. The molecule has 9 heteroatoms. The van der Waals surface area contributed by atoms with Crippen molar-refractivity contribution in [3.8, 4) is 22.9 Å². The van der Waals surface area contributed by atoms with E-state index in [1.165, 1.54) is 18.2 Å². The Bertz CT molecular complexity index is 1010. The predicted octanol–water partition coefficient (Wildman–Crippen LogP) is 2.85. The lowest BCUT2D eigenvalue weighted by molar-refractivity contribution is 0.0916. The molecule has 2 aromatic carbocycles. The number of carbonyl (C=O) groups excluding carboxylic acids is 1. The number of halogens is 2. The number of primary amides is 1. The first kappa shape index (κ1) is 19.7. The molecule has 0 aliphatic heterocycles. The molecule has 0 unspecified atom stereocenters. The molecule has 144 valence electrons. The first-order valence-electron chi connectivity index (χ1n) is 8.08. The average Bonchev–Trinajstić information content (AvgIpc) is 2.69. The molecular formula is C19H15ClFN3O4. The van der Waals surface area contributed by atoms with E-state index < -0.39 is 24.4 Å². The van der Waals surface area contributed by atoms with Gasteiger partial charge in [-0.3, -0.25) is 4.79 Å². The quantitative estimate of drug-likeness (QED) is 0.582. The fourth-order valence-electron chi connectivity index (χ4n) is 2.34. The van der Waals surface area contributed by atoms with Crippen LogP contribution in [0.2, 0.25) is 5.02 Å². The van der Waals surface area contributed by atoms with Gasteiger partial charge < -0.3 is 20.7 Å². The number of hydrogen-bond donors (Lipinski definition) is 3. The number of rotatable bonds is 6. The van der Waals surface area contributed by atoms with Crippen LogP contribution in [0.4, 0.5) is 4.39 Å². The summed E-state index contributed by atoms with van der Waals surface area (Å²) in [4.78, 5) is 19.7. The topological polar surface area (TPSA) is 119 Å². The molecule has 0 bridgehead atoms. The fourth-order valence-corrected chi connectivity index (χ4v) is 2.50. The highest BCUT2D eigenvalue weighted by atomic mass is 35.5. The summed E-state index contributed by atoms with van der Waals surface area (Å²) >= 11 is 5.71. The smallest absolute Gasteiger partial charge is 0.267 e. The van der Waals surface area contributed by atoms with Crippen LogP contribution >= 0.6 is 11.6 Å². The summed E-state index contributed by atoms with van der Waals surface area (Å²) in [6.07, 6.45) is -1.28. The van der Waals surface area contributed by atoms with Gasteiger partial charge in [0.2, 0.25) is 0 Å². The number of nitrogens with two attached hydrogens (primary N) is 1. The molecule has 1 atom stereocenters. The maximum Gasteiger partial charge on any atom is 0.267 e.